The lowest BCUT2D eigenvalue weighted by Crippen LogP contribution is -2.24. The van der Waals surface area contributed by atoms with E-state index in [-0.39, 0.29) is 11.5 Å². The van der Waals surface area contributed by atoms with Gasteiger partial charge in [-0.2, -0.15) is 0 Å². The summed E-state index contributed by atoms with van der Waals surface area (Å²) in [5.41, 5.74) is 1.27. The van der Waals surface area contributed by atoms with Crippen LogP contribution in [0.5, 0.6) is 0 Å². The molecule has 0 aliphatic carbocycles. The molecule has 0 radical (unpaired) electrons. The molecule has 2 rings (SSSR count). The van der Waals surface area contributed by atoms with Crippen LogP contribution in [0.4, 0.5) is 0 Å². The number of carbonyl (C=O) groups excluding carboxylic acids is 1. The zero-order valence-corrected chi connectivity index (χ0v) is 12.6. The summed E-state index contributed by atoms with van der Waals surface area (Å²) >= 11 is 1.52. The number of nitrogens with one attached hydrogen (secondary N) is 1. The van der Waals surface area contributed by atoms with E-state index in [0.29, 0.717) is 13.0 Å². The number of hydrogen-bond acceptors (Lipinski definition) is 3. The fourth-order valence-electron chi connectivity index (χ4n) is 1.91. The van der Waals surface area contributed by atoms with Gasteiger partial charge in [-0.15, -0.1) is 11.3 Å². The number of hydrogen-bond donors (Lipinski definition) is 2. The smallest absolute Gasteiger partial charge is 0.335 e. The average Bonchev–Trinajstić information content (AvgIpc) is 2.96. The summed E-state index contributed by atoms with van der Waals surface area (Å²) in [7, 11) is 0. The Balaban J connectivity index is 1.83. The van der Waals surface area contributed by atoms with Crippen LogP contribution < -0.4 is 5.32 Å². The monoisotopic (exact) mass is 303 g/mol. The highest BCUT2D eigenvalue weighted by Gasteiger charge is 2.08. The van der Waals surface area contributed by atoms with E-state index in [2.05, 4.69) is 12.2 Å². The molecule has 0 saturated heterocycles. The number of amides is 1. The number of aromatic carboxylic acids is 1. The molecule has 1 heterocycles. The standard InChI is InChI=1S/C16H17NO3S/c1-2-13-7-8-14(21-13)15(18)17-10-9-11-3-5-12(6-4-11)16(19)20/h3-8H,2,9-10H2,1H3,(H,17,18)(H,19,20). The van der Waals surface area contributed by atoms with Gasteiger partial charge in [0.05, 0.1) is 10.4 Å². The van der Waals surface area contributed by atoms with Crippen molar-refractivity contribution in [2.75, 3.05) is 6.54 Å². The molecular weight excluding hydrogens is 286 g/mol. The predicted octanol–water partition coefficient (Wildman–Crippen LogP) is 2.98. The molecule has 0 fully saturated rings. The van der Waals surface area contributed by atoms with E-state index >= 15 is 0 Å². The van der Waals surface area contributed by atoms with Crippen LogP contribution >= 0.6 is 11.3 Å². The second-order valence-corrected chi connectivity index (χ2v) is 5.80. The van der Waals surface area contributed by atoms with Gasteiger partial charge in [-0.1, -0.05) is 19.1 Å². The average molecular weight is 303 g/mol. The molecule has 1 aromatic heterocycles. The van der Waals surface area contributed by atoms with Gasteiger partial charge < -0.3 is 10.4 Å². The van der Waals surface area contributed by atoms with Gasteiger partial charge in [0.25, 0.3) is 5.91 Å². The van der Waals surface area contributed by atoms with Gasteiger partial charge in [0.2, 0.25) is 0 Å². The molecule has 0 unspecified atom stereocenters. The van der Waals surface area contributed by atoms with E-state index in [0.717, 1.165) is 16.9 Å². The van der Waals surface area contributed by atoms with Crippen LogP contribution in [-0.2, 0) is 12.8 Å². The molecular formula is C16H17NO3S. The van der Waals surface area contributed by atoms with Crippen LogP contribution in [-0.4, -0.2) is 23.5 Å². The van der Waals surface area contributed by atoms with Crippen molar-refractivity contribution in [1.82, 2.24) is 5.32 Å². The van der Waals surface area contributed by atoms with E-state index in [1.807, 2.05) is 12.1 Å². The Labute approximate surface area is 127 Å². The first-order valence-corrected chi connectivity index (χ1v) is 7.61. The lowest BCUT2D eigenvalue weighted by Gasteiger charge is -2.04. The molecule has 4 nitrogen and oxygen atoms in total. The molecule has 0 atom stereocenters. The van der Waals surface area contributed by atoms with Gasteiger partial charge in [-0.05, 0) is 42.7 Å². The zero-order chi connectivity index (χ0) is 15.2. The number of benzene rings is 1. The van der Waals surface area contributed by atoms with E-state index < -0.39 is 5.97 Å². The Morgan fingerprint density at radius 3 is 2.43 bits per heavy atom. The molecule has 0 spiro atoms. The summed E-state index contributed by atoms with van der Waals surface area (Å²) < 4.78 is 0. The highest BCUT2D eigenvalue weighted by Crippen LogP contribution is 2.16. The molecule has 0 saturated carbocycles. The largest absolute Gasteiger partial charge is 0.478 e. The maximum absolute atomic E-state index is 11.9. The quantitative estimate of drug-likeness (QED) is 0.862. The summed E-state index contributed by atoms with van der Waals surface area (Å²) in [5.74, 6) is -0.985. The van der Waals surface area contributed by atoms with Gasteiger partial charge in [0.15, 0.2) is 0 Å². The van der Waals surface area contributed by atoms with Crippen molar-refractivity contribution in [3.63, 3.8) is 0 Å². The number of thiophene rings is 1. The first kappa shape index (κ1) is 15.3. The molecule has 5 heteroatoms. The fourth-order valence-corrected chi connectivity index (χ4v) is 2.78. The van der Waals surface area contributed by atoms with Crippen molar-refractivity contribution in [2.45, 2.75) is 19.8 Å². The van der Waals surface area contributed by atoms with Crippen LogP contribution in [0.2, 0.25) is 0 Å². The second kappa shape index (κ2) is 7.04. The maximum atomic E-state index is 11.9. The third-order valence-corrected chi connectivity index (χ3v) is 4.36. The Morgan fingerprint density at radius 1 is 1.14 bits per heavy atom. The molecule has 21 heavy (non-hydrogen) atoms. The SMILES string of the molecule is CCc1ccc(C(=O)NCCc2ccc(C(=O)O)cc2)s1. The van der Waals surface area contributed by atoms with E-state index in [1.165, 1.54) is 16.2 Å². The molecule has 0 bridgehead atoms. The summed E-state index contributed by atoms with van der Waals surface area (Å²) in [4.78, 5) is 24.6. The first-order chi connectivity index (χ1) is 10.1. The van der Waals surface area contributed by atoms with Crippen LogP contribution in [0, 0.1) is 0 Å². The minimum Gasteiger partial charge on any atom is -0.478 e. The summed E-state index contributed by atoms with van der Waals surface area (Å²) in [6.45, 7) is 2.60. The van der Waals surface area contributed by atoms with E-state index in [1.54, 1.807) is 24.3 Å². The fraction of sp³-hybridized carbons (Fsp3) is 0.250. The third-order valence-electron chi connectivity index (χ3n) is 3.13. The molecule has 1 amide bonds. The number of aryl methyl sites for hydroxylation is 1. The second-order valence-electron chi connectivity index (χ2n) is 4.63. The molecule has 0 aliphatic heterocycles. The first-order valence-electron chi connectivity index (χ1n) is 6.79. The predicted molar refractivity (Wildman–Crippen MR) is 83.1 cm³/mol. The zero-order valence-electron chi connectivity index (χ0n) is 11.8. The lowest BCUT2D eigenvalue weighted by molar-refractivity contribution is 0.0696. The Kier molecular flexibility index (Phi) is 5.11. The van der Waals surface area contributed by atoms with Crippen molar-refractivity contribution >= 4 is 23.2 Å². The van der Waals surface area contributed by atoms with Crippen molar-refractivity contribution in [1.29, 1.82) is 0 Å². The molecule has 2 aromatic rings. The molecule has 0 aliphatic rings. The molecule has 110 valence electrons. The topological polar surface area (TPSA) is 66.4 Å². The number of rotatable bonds is 6. The lowest BCUT2D eigenvalue weighted by atomic mass is 10.1. The normalized spacial score (nSPS) is 10.3. The summed E-state index contributed by atoms with van der Waals surface area (Å²) in [6, 6.07) is 10.5. The third kappa shape index (κ3) is 4.16. The Hall–Kier alpha value is -2.14. The van der Waals surface area contributed by atoms with Crippen LogP contribution in [0.15, 0.2) is 36.4 Å². The molecule has 1 aromatic carbocycles. The maximum Gasteiger partial charge on any atom is 0.335 e. The van der Waals surface area contributed by atoms with Crippen molar-refractivity contribution < 1.29 is 14.7 Å². The Morgan fingerprint density at radius 2 is 1.86 bits per heavy atom. The summed E-state index contributed by atoms with van der Waals surface area (Å²) in [5, 5.41) is 11.7. The highest BCUT2D eigenvalue weighted by atomic mass is 32.1. The van der Waals surface area contributed by atoms with Gasteiger partial charge in [-0.3, -0.25) is 4.79 Å². The van der Waals surface area contributed by atoms with E-state index in [4.69, 9.17) is 5.11 Å². The van der Waals surface area contributed by atoms with Crippen molar-refractivity contribution in [2.24, 2.45) is 0 Å². The summed E-state index contributed by atoms with van der Waals surface area (Å²) in [6.07, 6.45) is 1.62. The van der Waals surface area contributed by atoms with Gasteiger partial charge in [-0.25, -0.2) is 4.79 Å². The van der Waals surface area contributed by atoms with Gasteiger partial charge >= 0.3 is 5.97 Å². The Bertz CT molecular complexity index is 631. The van der Waals surface area contributed by atoms with Crippen LogP contribution in [0.25, 0.3) is 0 Å². The number of carbonyl (C=O) groups is 2. The van der Waals surface area contributed by atoms with Crippen molar-refractivity contribution in [3.8, 4) is 0 Å². The van der Waals surface area contributed by atoms with Gasteiger partial charge in [0, 0.05) is 11.4 Å². The van der Waals surface area contributed by atoms with Gasteiger partial charge in [0.1, 0.15) is 0 Å². The molecule has 2 N–H and O–H groups in total. The van der Waals surface area contributed by atoms with E-state index in [9.17, 15) is 9.59 Å². The minimum absolute atomic E-state index is 0.0538. The highest BCUT2D eigenvalue weighted by molar-refractivity contribution is 7.14. The van der Waals surface area contributed by atoms with Crippen LogP contribution in [0.3, 0.4) is 0 Å². The van der Waals surface area contributed by atoms with Crippen LogP contribution in [0.1, 0.15) is 37.4 Å². The minimum atomic E-state index is -0.931. The van der Waals surface area contributed by atoms with Crippen molar-refractivity contribution in [3.05, 3.63) is 57.3 Å². The number of carboxylic acids is 1. The number of carboxylic acid groups (broad SMARTS) is 1.